The molecular formula is C32H28N6O8Se. The van der Waals surface area contributed by atoms with Gasteiger partial charge in [-0.3, -0.25) is 0 Å². The van der Waals surface area contributed by atoms with Crippen LogP contribution >= 0.6 is 0 Å². The normalized spacial score (nSPS) is 19.1. The van der Waals surface area contributed by atoms with E-state index in [-0.39, 0.29) is 45.9 Å². The fraction of sp³-hybridized carbons (Fsp3) is 0.219. The van der Waals surface area contributed by atoms with E-state index in [1.807, 2.05) is 0 Å². The summed E-state index contributed by atoms with van der Waals surface area (Å²) in [5.74, 6) is -1.26. The summed E-state index contributed by atoms with van der Waals surface area (Å²) in [6.07, 6.45) is -0.168. The van der Waals surface area contributed by atoms with Crippen molar-refractivity contribution < 1.29 is 34.2 Å². The van der Waals surface area contributed by atoms with Gasteiger partial charge in [-0.1, -0.05) is 0 Å². The molecule has 0 radical (unpaired) electrons. The average molecular weight is 704 g/mol. The number of carbonyl (C=O) groups is 2. The second-order valence-corrected chi connectivity index (χ2v) is 12.8. The molecule has 2 aromatic heterocycles. The van der Waals surface area contributed by atoms with Crippen LogP contribution in [0.25, 0.3) is 11.2 Å². The van der Waals surface area contributed by atoms with Gasteiger partial charge in [-0.2, -0.15) is 0 Å². The zero-order valence-electron chi connectivity index (χ0n) is 24.6. The minimum absolute atomic E-state index is 0.00197. The Morgan fingerprint density at radius 3 is 2.23 bits per heavy atom. The van der Waals surface area contributed by atoms with E-state index in [1.54, 1.807) is 83.4 Å². The maximum atomic E-state index is 13.8. The number of imide groups is 1. The Morgan fingerprint density at radius 1 is 0.957 bits per heavy atom. The van der Waals surface area contributed by atoms with E-state index in [0.717, 1.165) is 4.90 Å². The third kappa shape index (κ3) is 6.53. The Labute approximate surface area is 273 Å². The van der Waals surface area contributed by atoms with Gasteiger partial charge < -0.3 is 0 Å². The first kappa shape index (κ1) is 32.1. The van der Waals surface area contributed by atoms with Gasteiger partial charge in [0.2, 0.25) is 0 Å². The number of carbonyl (C=O) groups excluding carboxylic acids is 2. The van der Waals surface area contributed by atoms with Crippen LogP contribution in [0.1, 0.15) is 32.5 Å². The maximum absolute atomic E-state index is 13.8. The first-order valence-electron chi connectivity index (χ1n) is 14.4. The Hall–Kier alpha value is -4.89. The van der Waals surface area contributed by atoms with Gasteiger partial charge in [-0.25, -0.2) is 0 Å². The number of ether oxygens (including phenoxy) is 2. The summed E-state index contributed by atoms with van der Waals surface area (Å²) < 4.78 is 13.4. The number of imidazole rings is 1. The van der Waals surface area contributed by atoms with Crippen molar-refractivity contribution in [2.45, 2.75) is 29.9 Å². The number of nitrogens with zero attached hydrogens (tertiary/aromatic N) is 6. The minimum atomic E-state index is -1.06. The summed E-state index contributed by atoms with van der Waals surface area (Å²) in [6.45, 7) is -0.443. The van der Waals surface area contributed by atoms with Crippen molar-refractivity contribution in [2.75, 3.05) is 17.0 Å². The summed E-state index contributed by atoms with van der Waals surface area (Å²) in [4.78, 5) is 52.2. The number of benzene rings is 3. The topological polar surface area (TPSA) is 183 Å². The van der Waals surface area contributed by atoms with Crippen molar-refractivity contribution in [3.05, 3.63) is 124 Å². The van der Waals surface area contributed by atoms with E-state index >= 15 is 0 Å². The number of aliphatic hydroxyl groups is 2. The molecular weight excluding hydrogens is 675 g/mol. The standard InChI is InChI=1S/C32H28N6O8Se/c39-15-24-26(40)27(47-19-45-16-22-13-7-8-14-23(22)38(43)44)32(46-24)36-18-35-25-28(36)33-17-34-29(25)37(30(41)20-9-3-1-4-10-20)31(42)21-11-5-2-6-12-21/h1-14,17-18,24,26-27,32,39-40H,15-16,19H2/t24-,26-,27+,32-/m1/s1. The molecule has 1 fully saturated rings. The van der Waals surface area contributed by atoms with Crippen molar-refractivity contribution in [1.82, 2.24) is 19.5 Å². The van der Waals surface area contributed by atoms with Gasteiger partial charge in [-0.05, 0) is 0 Å². The van der Waals surface area contributed by atoms with Crippen molar-refractivity contribution >= 4 is 49.4 Å². The number of fused-ring (bicyclic) bond motifs is 1. The number of hydrogen-bond acceptors (Lipinski definition) is 11. The quantitative estimate of drug-likeness (QED) is 0.0678. The van der Waals surface area contributed by atoms with E-state index in [9.17, 15) is 29.9 Å². The van der Waals surface area contributed by atoms with Crippen LogP contribution in [0.3, 0.4) is 0 Å². The second-order valence-electron chi connectivity index (χ2n) is 10.4. The molecule has 4 atom stereocenters. The Bertz CT molecular complexity index is 1840. The average Bonchev–Trinajstić information content (AvgIpc) is 3.68. The van der Waals surface area contributed by atoms with E-state index in [2.05, 4.69) is 15.0 Å². The zero-order chi connectivity index (χ0) is 32.9. The molecule has 0 spiro atoms. The molecule has 6 rings (SSSR count). The third-order valence-electron chi connectivity index (χ3n) is 7.56. The molecule has 47 heavy (non-hydrogen) atoms. The number of nitro benzene ring substituents is 1. The number of para-hydroxylation sites is 1. The third-order valence-corrected chi connectivity index (χ3v) is 10.1. The van der Waals surface area contributed by atoms with Gasteiger partial charge in [-0.15, -0.1) is 0 Å². The van der Waals surface area contributed by atoms with Gasteiger partial charge in [0, 0.05) is 0 Å². The molecule has 0 aliphatic carbocycles. The first-order valence-corrected chi connectivity index (χ1v) is 16.6. The molecule has 0 saturated carbocycles. The second kappa shape index (κ2) is 14.3. The van der Waals surface area contributed by atoms with Crippen molar-refractivity contribution in [3.8, 4) is 0 Å². The van der Waals surface area contributed by atoms with E-state index in [1.165, 1.54) is 18.7 Å². The van der Waals surface area contributed by atoms with Gasteiger partial charge in [0.05, 0.1) is 0 Å². The molecule has 3 aromatic carbocycles. The molecule has 1 aliphatic rings. The molecule has 14 nitrogen and oxygen atoms in total. The summed E-state index contributed by atoms with van der Waals surface area (Å²) in [5.41, 5.74) is 1.46. The number of nitro groups is 1. The fourth-order valence-corrected chi connectivity index (χ4v) is 7.50. The van der Waals surface area contributed by atoms with Crippen LogP contribution in [0, 0.1) is 10.1 Å². The van der Waals surface area contributed by atoms with Crippen molar-refractivity contribution in [3.63, 3.8) is 0 Å². The molecule has 3 heterocycles. The van der Waals surface area contributed by atoms with Crippen LogP contribution in [-0.4, -0.2) is 85.7 Å². The molecule has 2 N–H and O–H groups in total. The predicted molar refractivity (Wildman–Crippen MR) is 169 cm³/mol. The number of hydrogen-bond donors (Lipinski definition) is 2. The summed E-state index contributed by atoms with van der Waals surface area (Å²) in [5, 5.41) is 32.4. The van der Waals surface area contributed by atoms with Crippen LogP contribution in [0.2, 0.25) is 4.82 Å². The summed E-state index contributed by atoms with van der Waals surface area (Å²) in [6, 6.07) is 23.0. The van der Waals surface area contributed by atoms with Crippen LogP contribution in [0.5, 0.6) is 0 Å². The SMILES string of the molecule is O=C(c1ccccc1)N(C(=O)c1ccccc1)c1ncnc2c1ncn2[C@@H]1O[C@H](CO)[C@@H](O)[C@@H]1[Se]COCc1ccccc1[N+](=O)[O-]. The molecule has 1 saturated heterocycles. The van der Waals surface area contributed by atoms with Crippen molar-refractivity contribution in [1.29, 1.82) is 0 Å². The Balaban J connectivity index is 1.30. The van der Waals surface area contributed by atoms with E-state index < -0.39 is 61.6 Å². The van der Waals surface area contributed by atoms with Crippen LogP contribution in [-0.2, 0) is 16.1 Å². The zero-order valence-corrected chi connectivity index (χ0v) is 26.3. The molecule has 5 aromatic rings. The molecule has 15 heteroatoms. The van der Waals surface area contributed by atoms with Crippen LogP contribution in [0.4, 0.5) is 11.5 Å². The van der Waals surface area contributed by atoms with E-state index in [4.69, 9.17) is 9.47 Å². The van der Waals surface area contributed by atoms with Gasteiger partial charge in [0.1, 0.15) is 0 Å². The number of anilines is 1. The number of amides is 2. The van der Waals surface area contributed by atoms with Crippen LogP contribution in [0.15, 0.2) is 97.6 Å². The fourth-order valence-electron chi connectivity index (χ4n) is 5.26. The van der Waals surface area contributed by atoms with Gasteiger partial charge in [0.25, 0.3) is 0 Å². The van der Waals surface area contributed by atoms with Crippen LogP contribution < -0.4 is 4.90 Å². The number of rotatable bonds is 11. The van der Waals surface area contributed by atoms with Gasteiger partial charge in [0.15, 0.2) is 0 Å². The molecule has 0 unspecified atom stereocenters. The Morgan fingerprint density at radius 2 is 1.60 bits per heavy atom. The summed E-state index contributed by atoms with van der Waals surface area (Å²) >= 11 is -0.442. The van der Waals surface area contributed by atoms with E-state index in [0.29, 0.717) is 5.56 Å². The number of aliphatic hydroxyl groups excluding tert-OH is 2. The molecule has 240 valence electrons. The summed E-state index contributed by atoms with van der Waals surface area (Å²) in [7, 11) is 0. The molecule has 0 bridgehead atoms. The van der Waals surface area contributed by atoms with Crippen molar-refractivity contribution in [2.24, 2.45) is 0 Å². The monoisotopic (exact) mass is 704 g/mol. The Kier molecular flexibility index (Phi) is 9.73. The molecule has 1 aliphatic heterocycles. The molecule has 2 amide bonds. The van der Waals surface area contributed by atoms with Gasteiger partial charge >= 0.3 is 274 Å². The first-order chi connectivity index (χ1) is 22.9. The predicted octanol–water partition coefficient (Wildman–Crippen LogP) is 3.14. The number of aromatic nitrogens is 4.